The minimum Gasteiger partial charge on any atom is -0.478 e. The average molecular weight is 213 g/mol. The predicted octanol–water partition coefficient (Wildman–Crippen LogP) is 1.18. The molecule has 1 aliphatic heterocycles. The third-order valence-electron chi connectivity index (χ3n) is 2.54. The number of ether oxygens (including phenoxy) is 1. The van der Waals surface area contributed by atoms with Crippen molar-refractivity contribution in [2.75, 3.05) is 19.7 Å². The second kappa shape index (κ2) is 6.58. The quantitative estimate of drug-likeness (QED) is 0.514. The average Bonchev–Trinajstić information content (AvgIpc) is 2.70. The molecule has 86 valence electrons. The zero-order valence-corrected chi connectivity index (χ0v) is 9.16. The van der Waals surface area contributed by atoms with Crippen molar-refractivity contribution in [1.82, 2.24) is 5.32 Å². The molecule has 1 unspecified atom stereocenters. The summed E-state index contributed by atoms with van der Waals surface area (Å²) < 4.78 is 5.43. The van der Waals surface area contributed by atoms with Crippen molar-refractivity contribution in [1.29, 1.82) is 0 Å². The number of rotatable bonds is 6. The summed E-state index contributed by atoms with van der Waals surface area (Å²) in [4.78, 5) is 10.7. The number of aliphatic carboxylic acids is 1. The fraction of sp³-hybridized carbons (Fsp3) is 0.727. The highest BCUT2D eigenvalue weighted by Gasteiger charge is 2.14. The maximum absolute atomic E-state index is 10.7. The minimum absolute atomic E-state index is 0.313. The topological polar surface area (TPSA) is 58.6 Å². The van der Waals surface area contributed by atoms with Gasteiger partial charge in [-0.3, -0.25) is 0 Å². The van der Waals surface area contributed by atoms with Gasteiger partial charge in [-0.1, -0.05) is 13.0 Å². The monoisotopic (exact) mass is 213 g/mol. The Morgan fingerprint density at radius 1 is 1.67 bits per heavy atom. The summed E-state index contributed by atoms with van der Waals surface area (Å²) in [6.07, 6.45) is 4.86. The van der Waals surface area contributed by atoms with Gasteiger partial charge in [0, 0.05) is 25.3 Å². The lowest BCUT2D eigenvalue weighted by molar-refractivity contribution is -0.132. The van der Waals surface area contributed by atoms with Gasteiger partial charge in [0.15, 0.2) is 0 Å². The molecule has 0 aliphatic carbocycles. The maximum atomic E-state index is 10.7. The fourth-order valence-electron chi connectivity index (χ4n) is 1.63. The molecule has 4 heteroatoms. The smallest absolute Gasteiger partial charge is 0.331 e. The van der Waals surface area contributed by atoms with E-state index in [4.69, 9.17) is 9.84 Å². The standard InChI is InChI=1S/C11H19NO3/c1-2-9(11(13)14)5-6-12-8-10-4-3-7-15-10/h5,10,12H,2-4,6-8H2,1H3,(H,13,14). The van der Waals surface area contributed by atoms with Crippen molar-refractivity contribution in [3.05, 3.63) is 11.6 Å². The Balaban J connectivity index is 2.16. The van der Waals surface area contributed by atoms with Gasteiger partial charge in [-0.05, 0) is 19.3 Å². The van der Waals surface area contributed by atoms with Crippen LogP contribution in [0.15, 0.2) is 11.6 Å². The van der Waals surface area contributed by atoms with Crippen molar-refractivity contribution >= 4 is 5.97 Å². The molecule has 1 saturated heterocycles. The normalized spacial score (nSPS) is 21.9. The Labute approximate surface area is 90.3 Å². The molecular formula is C11H19NO3. The summed E-state index contributed by atoms with van der Waals surface area (Å²) in [7, 11) is 0. The van der Waals surface area contributed by atoms with Crippen LogP contribution >= 0.6 is 0 Å². The molecule has 0 aromatic carbocycles. The van der Waals surface area contributed by atoms with Crippen LogP contribution in [0.1, 0.15) is 26.2 Å². The van der Waals surface area contributed by atoms with E-state index in [2.05, 4.69) is 5.32 Å². The fourth-order valence-corrected chi connectivity index (χ4v) is 1.63. The Morgan fingerprint density at radius 2 is 2.47 bits per heavy atom. The van der Waals surface area contributed by atoms with Crippen molar-refractivity contribution in [2.24, 2.45) is 0 Å². The van der Waals surface area contributed by atoms with Crippen LogP contribution in [-0.2, 0) is 9.53 Å². The highest BCUT2D eigenvalue weighted by atomic mass is 16.5. The third kappa shape index (κ3) is 4.44. The van der Waals surface area contributed by atoms with Crippen LogP contribution in [0.4, 0.5) is 0 Å². The van der Waals surface area contributed by atoms with Crippen molar-refractivity contribution in [2.45, 2.75) is 32.3 Å². The molecule has 15 heavy (non-hydrogen) atoms. The zero-order valence-electron chi connectivity index (χ0n) is 9.16. The van der Waals surface area contributed by atoms with Crippen molar-refractivity contribution in [3.63, 3.8) is 0 Å². The van der Waals surface area contributed by atoms with Crippen molar-refractivity contribution in [3.8, 4) is 0 Å². The van der Waals surface area contributed by atoms with E-state index in [-0.39, 0.29) is 0 Å². The van der Waals surface area contributed by atoms with Crippen LogP contribution in [0.25, 0.3) is 0 Å². The minimum atomic E-state index is -0.823. The first kappa shape index (κ1) is 12.2. The molecule has 0 spiro atoms. The Morgan fingerprint density at radius 3 is 3.00 bits per heavy atom. The molecule has 0 saturated carbocycles. The molecule has 0 aromatic rings. The highest BCUT2D eigenvalue weighted by Crippen LogP contribution is 2.10. The number of carbonyl (C=O) groups is 1. The van der Waals surface area contributed by atoms with Gasteiger partial charge < -0.3 is 15.2 Å². The summed E-state index contributed by atoms with van der Waals surface area (Å²) in [6.45, 7) is 4.13. The number of hydrogen-bond donors (Lipinski definition) is 2. The largest absolute Gasteiger partial charge is 0.478 e. The van der Waals surface area contributed by atoms with Gasteiger partial charge in [0.2, 0.25) is 0 Å². The maximum Gasteiger partial charge on any atom is 0.331 e. The van der Waals surface area contributed by atoms with Crippen LogP contribution in [0.2, 0.25) is 0 Å². The van der Waals surface area contributed by atoms with Crippen LogP contribution in [0, 0.1) is 0 Å². The molecule has 1 atom stereocenters. The molecular weight excluding hydrogens is 194 g/mol. The zero-order chi connectivity index (χ0) is 11.1. The van der Waals surface area contributed by atoms with Crippen molar-refractivity contribution < 1.29 is 14.6 Å². The summed E-state index contributed by atoms with van der Waals surface area (Å²) in [6, 6.07) is 0. The van der Waals surface area contributed by atoms with Gasteiger partial charge in [0.1, 0.15) is 0 Å². The van der Waals surface area contributed by atoms with E-state index in [1.807, 2.05) is 6.92 Å². The molecule has 0 bridgehead atoms. The van der Waals surface area contributed by atoms with Gasteiger partial charge in [-0.2, -0.15) is 0 Å². The van der Waals surface area contributed by atoms with Crippen LogP contribution < -0.4 is 5.32 Å². The summed E-state index contributed by atoms with van der Waals surface area (Å²) in [5.74, 6) is -0.823. The lowest BCUT2D eigenvalue weighted by Crippen LogP contribution is -2.26. The van der Waals surface area contributed by atoms with Crippen LogP contribution in [0.5, 0.6) is 0 Å². The molecule has 4 nitrogen and oxygen atoms in total. The molecule has 1 heterocycles. The van der Waals surface area contributed by atoms with Gasteiger partial charge in [0.25, 0.3) is 0 Å². The van der Waals surface area contributed by atoms with E-state index >= 15 is 0 Å². The molecule has 0 amide bonds. The highest BCUT2D eigenvalue weighted by molar-refractivity contribution is 5.86. The summed E-state index contributed by atoms with van der Waals surface area (Å²) in [5, 5.41) is 11.9. The van der Waals surface area contributed by atoms with Gasteiger partial charge in [-0.25, -0.2) is 4.79 Å². The first-order valence-electron chi connectivity index (χ1n) is 5.48. The lowest BCUT2D eigenvalue weighted by Gasteiger charge is -2.09. The molecule has 1 aliphatic rings. The van der Waals surface area contributed by atoms with E-state index < -0.39 is 5.97 Å². The van der Waals surface area contributed by atoms with Crippen LogP contribution in [0.3, 0.4) is 0 Å². The Bertz CT molecular complexity index is 232. The first-order chi connectivity index (χ1) is 7.24. The number of carboxylic acids is 1. The molecule has 1 rings (SSSR count). The van der Waals surface area contributed by atoms with Gasteiger partial charge in [0.05, 0.1) is 6.10 Å². The summed E-state index contributed by atoms with van der Waals surface area (Å²) in [5.41, 5.74) is 0.467. The Hall–Kier alpha value is -0.870. The second-order valence-corrected chi connectivity index (χ2v) is 3.68. The van der Waals surface area contributed by atoms with E-state index in [0.717, 1.165) is 26.0 Å². The van der Waals surface area contributed by atoms with Crippen LogP contribution in [-0.4, -0.2) is 36.9 Å². The molecule has 0 radical (unpaired) electrons. The molecule has 2 N–H and O–H groups in total. The molecule has 1 fully saturated rings. The first-order valence-corrected chi connectivity index (χ1v) is 5.48. The number of carboxylic acid groups (broad SMARTS) is 1. The Kier molecular flexibility index (Phi) is 5.36. The summed E-state index contributed by atoms with van der Waals surface area (Å²) >= 11 is 0. The SMILES string of the molecule is CCC(=CCNCC1CCCO1)C(=O)O. The predicted molar refractivity (Wildman–Crippen MR) is 57.9 cm³/mol. The van der Waals surface area contributed by atoms with Gasteiger partial charge >= 0.3 is 5.97 Å². The van der Waals surface area contributed by atoms with E-state index in [1.54, 1.807) is 6.08 Å². The van der Waals surface area contributed by atoms with E-state index in [1.165, 1.54) is 0 Å². The van der Waals surface area contributed by atoms with E-state index in [9.17, 15) is 4.79 Å². The number of nitrogens with one attached hydrogen (secondary N) is 1. The molecule has 0 aromatic heterocycles. The lowest BCUT2D eigenvalue weighted by atomic mass is 10.2. The van der Waals surface area contributed by atoms with E-state index in [0.29, 0.717) is 24.6 Å². The third-order valence-corrected chi connectivity index (χ3v) is 2.54. The van der Waals surface area contributed by atoms with Gasteiger partial charge in [-0.15, -0.1) is 0 Å². The second-order valence-electron chi connectivity index (χ2n) is 3.68. The number of hydrogen-bond acceptors (Lipinski definition) is 3.